The van der Waals surface area contributed by atoms with Crippen molar-refractivity contribution in [3.8, 4) is 0 Å². The molecule has 7 heteroatoms. The number of rotatable bonds is 6. The Hall–Kier alpha value is -2.93. The van der Waals surface area contributed by atoms with Crippen LogP contribution in [0.1, 0.15) is 17.2 Å². The minimum absolute atomic E-state index is 0.00946. The van der Waals surface area contributed by atoms with Crippen molar-refractivity contribution in [2.45, 2.75) is 13.0 Å². The first-order valence-electron chi connectivity index (χ1n) is 9.11. The standard InChI is InChI=1S/C21H27FN4O2/c1-14-6-9-16(12-18(14)22)24-21(28)20(27)23-13-19(26(4)5)15-7-10-17(11-8-15)25(2)3/h6-12,19H,13H2,1-5H3,(H,23,27)(H,24,28)/p+1/t19-/m1/s1. The molecule has 0 saturated heterocycles. The zero-order valence-corrected chi connectivity index (χ0v) is 17.0. The van der Waals surface area contributed by atoms with Gasteiger partial charge in [-0.15, -0.1) is 0 Å². The molecule has 0 saturated carbocycles. The van der Waals surface area contributed by atoms with Gasteiger partial charge in [-0.3, -0.25) is 9.59 Å². The van der Waals surface area contributed by atoms with Gasteiger partial charge in [0.15, 0.2) is 0 Å². The summed E-state index contributed by atoms with van der Waals surface area (Å²) in [6.07, 6.45) is 0. The van der Waals surface area contributed by atoms with E-state index in [-0.39, 0.29) is 11.7 Å². The van der Waals surface area contributed by atoms with Gasteiger partial charge in [-0.25, -0.2) is 4.39 Å². The van der Waals surface area contributed by atoms with Gasteiger partial charge < -0.3 is 20.4 Å². The lowest BCUT2D eigenvalue weighted by Crippen LogP contribution is -3.07. The van der Waals surface area contributed by atoms with E-state index in [1.54, 1.807) is 19.1 Å². The summed E-state index contributed by atoms with van der Waals surface area (Å²) in [5, 5.41) is 5.09. The molecule has 28 heavy (non-hydrogen) atoms. The molecule has 0 spiro atoms. The number of likely N-dealkylation sites (N-methyl/N-ethyl adjacent to an activating group) is 1. The predicted molar refractivity (Wildman–Crippen MR) is 109 cm³/mol. The van der Waals surface area contributed by atoms with Gasteiger partial charge in [0.25, 0.3) is 0 Å². The van der Waals surface area contributed by atoms with Gasteiger partial charge in [-0.05, 0) is 36.8 Å². The van der Waals surface area contributed by atoms with Gasteiger partial charge in [0.05, 0.1) is 20.6 Å². The van der Waals surface area contributed by atoms with Crippen molar-refractivity contribution in [2.24, 2.45) is 0 Å². The minimum Gasteiger partial charge on any atom is -0.378 e. The van der Waals surface area contributed by atoms with Crippen LogP contribution >= 0.6 is 0 Å². The zero-order valence-electron chi connectivity index (χ0n) is 17.0. The predicted octanol–water partition coefficient (Wildman–Crippen LogP) is 1.14. The molecule has 0 heterocycles. The summed E-state index contributed by atoms with van der Waals surface area (Å²) in [6.45, 7) is 1.93. The molecule has 150 valence electrons. The molecule has 6 nitrogen and oxygen atoms in total. The zero-order chi connectivity index (χ0) is 20.8. The average molecular weight is 387 g/mol. The lowest BCUT2D eigenvalue weighted by molar-refractivity contribution is -0.890. The Bertz CT molecular complexity index is 835. The molecule has 0 bridgehead atoms. The van der Waals surface area contributed by atoms with Crippen LogP contribution in [0.3, 0.4) is 0 Å². The molecule has 0 unspecified atom stereocenters. The van der Waals surface area contributed by atoms with Crippen LogP contribution in [-0.2, 0) is 9.59 Å². The highest BCUT2D eigenvalue weighted by molar-refractivity contribution is 6.39. The largest absolute Gasteiger partial charge is 0.378 e. The Balaban J connectivity index is 1.99. The van der Waals surface area contributed by atoms with Crippen molar-refractivity contribution < 1.29 is 18.9 Å². The molecule has 2 rings (SSSR count). The number of carbonyl (C=O) groups excluding carboxylic acids is 2. The summed E-state index contributed by atoms with van der Waals surface area (Å²) in [5.41, 5.74) is 2.87. The minimum atomic E-state index is -0.821. The van der Waals surface area contributed by atoms with Crippen molar-refractivity contribution in [1.82, 2.24) is 5.32 Å². The van der Waals surface area contributed by atoms with E-state index in [0.717, 1.165) is 16.2 Å². The highest BCUT2D eigenvalue weighted by Crippen LogP contribution is 2.16. The second-order valence-electron chi connectivity index (χ2n) is 7.24. The van der Waals surface area contributed by atoms with Crippen molar-refractivity contribution in [2.75, 3.05) is 45.0 Å². The fourth-order valence-electron chi connectivity index (χ4n) is 2.79. The molecular weight excluding hydrogens is 359 g/mol. The Morgan fingerprint density at radius 2 is 1.71 bits per heavy atom. The molecule has 2 aromatic carbocycles. The topological polar surface area (TPSA) is 65.9 Å². The van der Waals surface area contributed by atoms with Crippen molar-refractivity contribution in [1.29, 1.82) is 0 Å². The Morgan fingerprint density at radius 1 is 1.07 bits per heavy atom. The van der Waals surface area contributed by atoms with Gasteiger partial charge in [0.2, 0.25) is 0 Å². The molecule has 0 aliphatic rings. The molecule has 3 N–H and O–H groups in total. The summed E-state index contributed by atoms with van der Waals surface area (Å²) in [7, 11) is 7.93. The van der Waals surface area contributed by atoms with Crippen LogP contribution in [0.2, 0.25) is 0 Å². The highest BCUT2D eigenvalue weighted by Gasteiger charge is 2.21. The lowest BCUT2D eigenvalue weighted by atomic mass is 10.1. The first-order valence-corrected chi connectivity index (χ1v) is 9.11. The third-order valence-corrected chi connectivity index (χ3v) is 4.61. The smallest absolute Gasteiger partial charge is 0.313 e. The quantitative estimate of drug-likeness (QED) is 0.652. The number of nitrogens with zero attached hydrogens (tertiary/aromatic N) is 1. The summed E-state index contributed by atoms with van der Waals surface area (Å²) in [4.78, 5) is 27.4. The molecular formula is C21H28FN4O2+. The molecule has 1 atom stereocenters. The molecule has 0 aromatic heterocycles. The van der Waals surface area contributed by atoms with Gasteiger partial charge in [0.1, 0.15) is 11.9 Å². The number of quaternary nitrogens is 1. The molecule has 0 fully saturated rings. The summed E-state index contributed by atoms with van der Waals surface area (Å²) in [6, 6.07) is 12.4. The first kappa shape index (κ1) is 21.4. The maximum atomic E-state index is 13.6. The van der Waals surface area contributed by atoms with E-state index in [0.29, 0.717) is 12.1 Å². The monoisotopic (exact) mass is 387 g/mol. The second kappa shape index (κ2) is 9.32. The molecule has 0 aliphatic carbocycles. The number of anilines is 2. The fourth-order valence-corrected chi connectivity index (χ4v) is 2.79. The molecule has 0 aliphatic heterocycles. The van der Waals surface area contributed by atoms with Crippen LogP contribution in [0, 0.1) is 12.7 Å². The SMILES string of the molecule is Cc1ccc(NC(=O)C(=O)NC[C@H](c2ccc(N(C)C)cc2)[NH+](C)C)cc1F. The van der Waals surface area contributed by atoms with Crippen LogP contribution in [0.4, 0.5) is 15.8 Å². The Labute approximate surface area is 165 Å². The fraction of sp³-hybridized carbons (Fsp3) is 0.333. The normalized spacial score (nSPS) is 11.8. The molecule has 2 amide bonds. The van der Waals surface area contributed by atoms with Gasteiger partial charge in [-0.1, -0.05) is 18.2 Å². The van der Waals surface area contributed by atoms with E-state index >= 15 is 0 Å². The number of aryl methyl sites for hydroxylation is 1. The Morgan fingerprint density at radius 3 is 2.25 bits per heavy atom. The van der Waals surface area contributed by atoms with Crippen LogP contribution in [0.15, 0.2) is 42.5 Å². The van der Waals surface area contributed by atoms with Crippen molar-refractivity contribution >= 4 is 23.2 Å². The average Bonchev–Trinajstić information content (AvgIpc) is 2.64. The maximum Gasteiger partial charge on any atom is 0.313 e. The van der Waals surface area contributed by atoms with Gasteiger partial charge in [0, 0.05) is 31.0 Å². The maximum absolute atomic E-state index is 13.6. The third kappa shape index (κ3) is 5.53. The second-order valence-corrected chi connectivity index (χ2v) is 7.24. The molecule has 0 radical (unpaired) electrons. The van der Waals surface area contributed by atoms with Crippen LogP contribution in [0.25, 0.3) is 0 Å². The summed E-state index contributed by atoms with van der Waals surface area (Å²) in [5.74, 6) is -2.01. The number of benzene rings is 2. The first-order chi connectivity index (χ1) is 13.2. The van der Waals surface area contributed by atoms with E-state index in [1.807, 2.05) is 57.4 Å². The number of amides is 2. The van der Waals surface area contributed by atoms with Gasteiger partial charge in [-0.2, -0.15) is 0 Å². The number of nitrogens with one attached hydrogen (secondary N) is 3. The number of carbonyl (C=O) groups is 2. The van der Waals surface area contributed by atoms with E-state index in [4.69, 9.17) is 0 Å². The lowest BCUT2D eigenvalue weighted by Gasteiger charge is -2.23. The number of hydrogen-bond donors (Lipinski definition) is 3. The number of hydrogen-bond acceptors (Lipinski definition) is 3. The van der Waals surface area contributed by atoms with Crippen LogP contribution in [0.5, 0.6) is 0 Å². The van der Waals surface area contributed by atoms with Crippen LogP contribution in [-0.4, -0.2) is 46.5 Å². The van der Waals surface area contributed by atoms with Gasteiger partial charge >= 0.3 is 11.8 Å². The molecule has 2 aromatic rings. The van der Waals surface area contributed by atoms with Crippen LogP contribution < -0.4 is 20.4 Å². The van der Waals surface area contributed by atoms with Crippen molar-refractivity contribution in [3.05, 3.63) is 59.4 Å². The summed E-state index contributed by atoms with van der Waals surface area (Å²) >= 11 is 0. The van der Waals surface area contributed by atoms with E-state index < -0.39 is 17.6 Å². The van der Waals surface area contributed by atoms with E-state index in [1.165, 1.54) is 6.07 Å². The third-order valence-electron chi connectivity index (χ3n) is 4.61. The van der Waals surface area contributed by atoms with Crippen molar-refractivity contribution in [3.63, 3.8) is 0 Å². The number of halogens is 1. The summed E-state index contributed by atoms with van der Waals surface area (Å²) < 4.78 is 13.6. The Kier molecular flexibility index (Phi) is 7.12. The van der Waals surface area contributed by atoms with E-state index in [2.05, 4.69) is 10.6 Å². The highest BCUT2D eigenvalue weighted by atomic mass is 19.1. The van der Waals surface area contributed by atoms with E-state index in [9.17, 15) is 14.0 Å².